The Hall–Kier alpha value is -2.63. The SMILES string of the molecule is CCCCc1ncc(-c2nccn2-c2ccc[nH]c2=O)[nH]1. The van der Waals surface area contributed by atoms with Crippen LogP contribution in [0, 0.1) is 0 Å². The Kier molecular flexibility index (Phi) is 3.68. The average molecular weight is 283 g/mol. The molecule has 0 aliphatic rings. The zero-order valence-electron chi connectivity index (χ0n) is 11.8. The quantitative estimate of drug-likeness (QED) is 0.754. The lowest BCUT2D eigenvalue weighted by Crippen LogP contribution is -2.13. The van der Waals surface area contributed by atoms with Gasteiger partial charge < -0.3 is 9.97 Å². The molecule has 3 rings (SSSR count). The van der Waals surface area contributed by atoms with E-state index in [1.54, 1.807) is 41.5 Å². The third kappa shape index (κ3) is 2.65. The Bertz CT molecular complexity index is 783. The number of rotatable bonds is 5. The van der Waals surface area contributed by atoms with Gasteiger partial charge in [-0.15, -0.1) is 0 Å². The van der Waals surface area contributed by atoms with Crippen molar-refractivity contribution in [2.45, 2.75) is 26.2 Å². The van der Waals surface area contributed by atoms with Crippen molar-refractivity contribution in [2.24, 2.45) is 0 Å². The molecule has 0 saturated heterocycles. The number of imidazole rings is 2. The highest BCUT2D eigenvalue weighted by atomic mass is 16.1. The molecule has 6 heteroatoms. The molecule has 0 saturated carbocycles. The van der Waals surface area contributed by atoms with Crippen molar-refractivity contribution in [1.82, 2.24) is 24.5 Å². The van der Waals surface area contributed by atoms with Gasteiger partial charge in [-0.1, -0.05) is 13.3 Å². The first-order chi connectivity index (χ1) is 10.3. The van der Waals surface area contributed by atoms with E-state index in [0.29, 0.717) is 11.5 Å². The van der Waals surface area contributed by atoms with Crippen LogP contribution >= 0.6 is 0 Å². The molecule has 3 heterocycles. The number of aryl methyl sites for hydroxylation is 1. The van der Waals surface area contributed by atoms with E-state index >= 15 is 0 Å². The number of aromatic amines is 2. The Morgan fingerprint density at radius 2 is 2.24 bits per heavy atom. The summed E-state index contributed by atoms with van der Waals surface area (Å²) in [5.41, 5.74) is 1.20. The maximum absolute atomic E-state index is 11.9. The van der Waals surface area contributed by atoms with Crippen LogP contribution in [-0.4, -0.2) is 24.5 Å². The first kappa shape index (κ1) is 13.4. The lowest BCUT2D eigenvalue weighted by molar-refractivity contribution is 0.762. The molecule has 0 unspecified atom stereocenters. The van der Waals surface area contributed by atoms with E-state index in [2.05, 4.69) is 26.9 Å². The summed E-state index contributed by atoms with van der Waals surface area (Å²) in [7, 11) is 0. The number of unbranched alkanes of at least 4 members (excludes halogenated alkanes) is 1. The number of H-pyrrole nitrogens is 2. The molecule has 0 aliphatic carbocycles. The highest BCUT2D eigenvalue weighted by Gasteiger charge is 2.12. The van der Waals surface area contributed by atoms with Crippen LogP contribution in [0.15, 0.2) is 41.7 Å². The fourth-order valence-electron chi connectivity index (χ4n) is 2.25. The molecule has 0 radical (unpaired) electrons. The zero-order chi connectivity index (χ0) is 14.7. The topological polar surface area (TPSA) is 79.4 Å². The number of hydrogen-bond donors (Lipinski definition) is 2. The summed E-state index contributed by atoms with van der Waals surface area (Å²) < 4.78 is 1.76. The standard InChI is InChI=1S/C15H17N5O/c1-2-3-6-13-18-10-11(19-13)14-16-8-9-20(14)12-5-4-7-17-15(12)21/h4-5,7-10H,2-3,6H2,1H3,(H,17,21)(H,18,19). The van der Waals surface area contributed by atoms with Gasteiger partial charge in [0.05, 0.1) is 6.20 Å². The molecule has 0 atom stereocenters. The predicted octanol–water partition coefficient (Wildman–Crippen LogP) is 2.29. The van der Waals surface area contributed by atoms with Crippen molar-refractivity contribution in [3.05, 3.63) is 53.1 Å². The van der Waals surface area contributed by atoms with Gasteiger partial charge >= 0.3 is 0 Å². The highest BCUT2D eigenvalue weighted by molar-refractivity contribution is 5.53. The maximum atomic E-state index is 11.9. The van der Waals surface area contributed by atoms with Crippen LogP contribution < -0.4 is 5.56 Å². The van der Waals surface area contributed by atoms with Crippen LogP contribution in [0.4, 0.5) is 0 Å². The first-order valence-corrected chi connectivity index (χ1v) is 7.05. The summed E-state index contributed by atoms with van der Waals surface area (Å²) >= 11 is 0. The minimum atomic E-state index is -0.150. The summed E-state index contributed by atoms with van der Waals surface area (Å²) in [6.45, 7) is 2.15. The summed E-state index contributed by atoms with van der Waals surface area (Å²) in [5, 5.41) is 0. The second-order valence-corrected chi connectivity index (χ2v) is 4.85. The van der Waals surface area contributed by atoms with Crippen LogP contribution in [0.2, 0.25) is 0 Å². The van der Waals surface area contributed by atoms with E-state index in [0.717, 1.165) is 30.8 Å². The van der Waals surface area contributed by atoms with Gasteiger partial charge in [0.25, 0.3) is 5.56 Å². The molecule has 0 aliphatic heterocycles. The van der Waals surface area contributed by atoms with Gasteiger partial charge in [0.15, 0.2) is 5.82 Å². The molecule has 0 aromatic carbocycles. The van der Waals surface area contributed by atoms with E-state index < -0.39 is 0 Å². The molecule has 21 heavy (non-hydrogen) atoms. The molecule has 0 spiro atoms. The molecule has 0 fully saturated rings. The minimum absolute atomic E-state index is 0.150. The molecule has 6 nitrogen and oxygen atoms in total. The Morgan fingerprint density at radius 1 is 1.33 bits per heavy atom. The molecule has 0 bridgehead atoms. The molecular formula is C15H17N5O. The van der Waals surface area contributed by atoms with Crippen molar-refractivity contribution in [2.75, 3.05) is 0 Å². The normalized spacial score (nSPS) is 10.9. The van der Waals surface area contributed by atoms with Gasteiger partial charge in [0.1, 0.15) is 17.2 Å². The summed E-state index contributed by atoms with van der Waals surface area (Å²) in [4.78, 5) is 26.6. The lowest BCUT2D eigenvalue weighted by Gasteiger charge is -2.04. The molecule has 2 N–H and O–H groups in total. The van der Waals surface area contributed by atoms with E-state index in [9.17, 15) is 4.79 Å². The smallest absolute Gasteiger partial charge is 0.272 e. The van der Waals surface area contributed by atoms with Crippen molar-refractivity contribution in [3.8, 4) is 17.2 Å². The fraction of sp³-hybridized carbons (Fsp3) is 0.267. The summed E-state index contributed by atoms with van der Waals surface area (Å²) in [6, 6.07) is 3.55. The average Bonchev–Trinajstić information content (AvgIpc) is 3.14. The van der Waals surface area contributed by atoms with E-state index in [1.807, 2.05) is 0 Å². The van der Waals surface area contributed by atoms with Crippen LogP contribution in [0.25, 0.3) is 17.2 Å². The largest absolute Gasteiger partial charge is 0.339 e. The second kappa shape index (κ2) is 5.78. The van der Waals surface area contributed by atoms with Crippen LogP contribution in [0.5, 0.6) is 0 Å². The number of nitrogens with one attached hydrogen (secondary N) is 2. The van der Waals surface area contributed by atoms with E-state index in [1.165, 1.54) is 0 Å². The predicted molar refractivity (Wildman–Crippen MR) is 80.4 cm³/mol. The molecular weight excluding hydrogens is 266 g/mol. The van der Waals surface area contributed by atoms with Gasteiger partial charge in [0, 0.05) is 25.0 Å². The molecule has 3 aromatic heterocycles. The minimum Gasteiger partial charge on any atom is -0.339 e. The fourth-order valence-corrected chi connectivity index (χ4v) is 2.25. The number of nitrogens with zero attached hydrogens (tertiary/aromatic N) is 3. The van der Waals surface area contributed by atoms with Gasteiger partial charge in [-0.05, 0) is 18.6 Å². The third-order valence-electron chi connectivity index (χ3n) is 3.33. The van der Waals surface area contributed by atoms with Crippen molar-refractivity contribution >= 4 is 0 Å². The van der Waals surface area contributed by atoms with Gasteiger partial charge in [-0.2, -0.15) is 0 Å². The lowest BCUT2D eigenvalue weighted by atomic mass is 10.2. The van der Waals surface area contributed by atoms with Crippen molar-refractivity contribution in [3.63, 3.8) is 0 Å². The van der Waals surface area contributed by atoms with E-state index in [4.69, 9.17) is 0 Å². The first-order valence-electron chi connectivity index (χ1n) is 7.05. The monoisotopic (exact) mass is 283 g/mol. The van der Waals surface area contributed by atoms with Crippen LogP contribution in [0.1, 0.15) is 25.6 Å². The number of aromatic nitrogens is 5. The Labute approximate surface area is 121 Å². The van der Waals surface area contributed by atoms with Gasteiger partial charge in [0.2, 0.25) is 0 Å². The number of pyridine rings is 1. The Balaban J connectivity index is 1.98. The third-order valence-corrected chi connectivity index (χ3v) is 3.33. The van der Waals surface area contributed by atoms with Gasteiger partial charge in [-0.25, -0.2) is 9.97 Å². The Morgan fingerprint density at radius 3 is 3.05 bits per heavy atom. The molecule has 108 valence electrons. The molecule has 3 aromatic rings. The maximum Gasteiger partial charge on any atom is 0.272 e. The highest BCUT2D eigenvalue weighted by Crippen LogP contribution is 2.18. The number of hydrogen-bond acceptors (Lipinski definition) is 3. The molecule has 0 amide bonds. The van der Waals surface area contributed by atoms with Crippen LogP contribution in [-0.2, 0) is 6.42 Å². The van der Waals surface area contributed by atoms with Crippen molar-refractivity contribution < 1.29 is 0 Å². The van der Waals surface area contributed by atoms with Gasteiger partial charge in [-0.3, -0.25) is 9.36 Å². The van der Waals surface area contributed by atoms with Crippen molar-refractivity contribution in [1.29, 1.82) is 0 Å². The summed E-state index contributed by atoms with van der Waals surface area (Å²) in [5.74, 6) is 1.63. The summed E-state index contributed by atoms with van der Waals surface area (Å²) in [6.07, 6.45) is 9.97. The van der Waals surface area contributed by atoms with Crippen LogP contribution in [0.3, 0.4) is 0 Å². The second-order valence-electron chi connectivity index (χ2n) is 4.85. The zero-order valence-corrected chi connectivity index (χ0v) is 11.8. The van der Waals surface area contributed by atoms with E-state index in [-0.39, 0.29) is 5.56 Å².